The molecule has 1 amide bonds. The maximum Gasteiger partial charge on any atom is 0.410 e. The lowest BCUT2D eigenvalue weighted by Crippen LogP contribution is -2.43. The van der Waals surface area contributed by atoms with Gasteiger partial charge in [-0.1, -0.05) is 0 Å². The summed E-state index contributed by atoms with van der Waals surface area (Å²) in [6.07, 6.45) is -0.443. The third kappa shape index (κ3) is 3.91. The van der Waals surface area contributed by atoms with E-state index >= 15 is 0 Å². The molecule has 2 fully saturated rings. The largest absolute Gasteiger partial charge is 0.444 e. The van der Waals surface area contributed by atoms with Crippen molar-refractivity contribution < 1.29 is 19.4 Å². The molecule has 6 nitrogen and oxygen atoms in total. The number of ketones is 1. The lowest BCUT2D eigenvalue weighted by atomic mass is 10.1. The van der Waals surface area contributed by atoms with Gasteiger partial charge >= 0.3 is 6.09 Å². The van der Waals surface area contributed by atoms with Crippen molar-refractivity contribution in [3.63, 3.8) is 0 Å². The predicted molar refractivity (Wildman–Crippen MR) is 68.8 cm³/mol. The zero-order chi connectivity index (χ0) is 14.2. The van der Waals surface area contributed by atoms with Crippen molar-refractivity contribution in [3.05, 3.63) is 0 Å². The van der Waals surface area contributed by atoms with E-state index in [9.17, 15) is 14.7 Å². The van der Waals surface area contributed by atoms with E-state index in [1.165, 1.54) is 4.90 Å². The van der Waals surface area contributed by atoms with Crippen LogP contribution in [0.25, 0.3) is 0 Å². The van der Waals surface area contributed by atoms with Crippen molar-refractivity contribution in [1.82, 2.24) is 10.2 Å². The molecule has 2 aliphatic heterocycles. The van der Waals surface area contributed by atoms with Gasteiger partial charge in [0.2, 0.25) is 0 Å². The molecule has 2 N–H and O–H groups in total. The lowest BCUT2D eigenvalue weighted by Gasteiger charge is -2.27. The van der Waals surface area contributed by atoms with Crippen LogP contribution < -0.4 is 5.32 Å². The van der Waals surface area contributed by atoms with E-state index in [0.717, 1.165) is 6.54 Å². The number of aliphatic hydroxyl groups is 1. The van der Waals surface area contributed by atoms with E-state index in [0.29, 0.717) is 12.8 Å². The first kappa shape index (κ1) is 14.3. The summed E-state index contributed by atoms with van der Waals surface area (Å²) in [4.78, 5) is 25.5. The van der Waals surface area contributed by atoms with E-state index < -0.39 is 23.8 Å². The number of carbonyl (C=O) groups excluding carboxylic acids is 2. The molecule has 0 bridgehead atoms. The van der Waals surface area contributed by atoms with E-state index in [1.54, 1.807) is 20.8 Å². The van der Waals surface area contributed by atoms with Gasteiger partial charge in [-0.2, -0.15) is 0 Å². The van der Waals surface area contributed by atoms with Gasteiger partial charge < -0.3 is 15.2 Å². The van der Waals surface area contributed by atoms with Crippen LogP contribution >= 0.6 is 0 Å². The molecule has 0 aromatic heterocycles. The van der Waals surface area contributed by atoms with Crippen LogP contribution in [-0.4, -0.2) is 58.8 Å². The highest BCUT2D eigenvalue weighted by molar-refractivity contribution is 5.88. The summed E-state index contributed by atoms with van der Waals surface area (Å²) in [7, 11) is 0. The fourth-order valence-electron chi connectivity index (χ4n) is 2.25. The number of aliphatic hydroxyl groups excluding tert-OH is 1. The van der Waals surface area contributed by atoms with Gasteiger partial charge in [0.25, 0.3) is 0 Å². The number of nitrogens with one attached hydrogen (secondary N) is 1. The van der Waals surface area contributed by atoms with Crippen LogP contribution in [0, 0.1) is 0 Å². The average molecular weight is 270 g/mol. The van der Waals surface area contributed by atoms with Crippen LogP contribution in [0.1, 0.15) is 33.6 Å². The number of β-amino-alcohol motifs (C(OH)–C–C–N with tert-alkyl or cyclic N) is 1. The van der Waals surface area contributed by atoms with Gasteiger partial charge in [0, 0.05) is 25.4 Å². The molecule has 0 radical (unpaired) electrons. The highest BCUT2D eigenvalue weighted by atomic mass is 16.6. The average Bonchev–Trinajstić information content (AvgIpc) is 2.96. The van der Waals surface area contributed by atoms with Crippen molar-refractivity contribution in [3.8, 4) is 0 Å². The second-order valence-electron chi connectivity index (χ2n) is 6.31. The zero-order valence-electron chi connectivity index (χ0n) is 11.7. The number of amides is 1. The minimum Gasteiger partial charge on any atom is -0.444 e. The fourth-order valence-corrected chi connectivity index (χ4v) is 2.25. The first-order valence-corrected chi connectivity index (χ1v) is 6.70. The molecule has 0 spiro atoms. The number of carbonyl (C=O) groups is 2. The quantitative estimate of drug-likeness (QED) is 0.719. The molecule has 0 aromatic carbocycles. The molecule has 0 aliphatic carbocycles. The van der Waals surface area contributed by atoms with E-state index in [4.69, 9.17) is 4.74 Å². The smallest absolute Gasteiger partial charge is 0.410 e. The Balaban J connectivity index is 1.99. The van der Waals surface area contributed by atoms with Crippen LogP contribution in [0.4, 0.5) is 4.79 Å². The third-order valence-electron chi connectivity index (χ3n) is 3.22. The molecular weight excluding hydrogens is 248 g/mol. The number of Topliss-reactive ketones (excluding diaryl/α,β-unsaturated/α-hetero) is 1. The van der Waals surface area contributed by atoms with Crippen molar-refractivity contribution in [1.29, 1.82) is 0 Å². The number of hydrogen-bond acceptors (Lipinski definition) is 5. The van der Waals surface area contributed by atoms with Gasteiger partial charge in [0.1, 0.15) is 5.60 Å². The Morgan fingerprint density at radius 2 is 2.05 bits per heavy atom. The zero-order valence-corrected chi connectivity index (χ0v) is 11.7. The Kier molecular flexibility index (Phi) is 3.82. The first-order valence-electron chi connectivity index (χ1n) is 6.70. The summed E-state index contributed by atoms with van der Waals surface area (Å²) in [6, 6.07) is -0.307. The molecule has 0 unspecified atom stereocenters. The van der Waals surface area contributed by atoms with E-state index in [-0.39, 0.29) is 18.4 Å². The van der Waals surface area contributed by atoms with Gasteiger partial charge in [-0.25, -0.2) is 4.79 Å². The maximum atomic E-state index is 12.1. The Hall–Kier alpha value is -1.14. The fraction of sp³-hybridized carbons (Fsp3) is 0.846. The van der Waals surface area contributed by atoms with Gasteiger partial charge in [0.15, 0.2) is 5.78 Å². The van der Waals surface area contributed by atoms with E-state index in [1.807, 2.05) is 0 Å². The van der Waals surface area contributed by atoms with Crippen LogP contribution in [0.3, 0.4) is 0 Å². The standard InChI is InChI=1S/C13H22N2O4/c1-13(2,3)19-12(18)15-7-9(16)5-10(15)11(17)4-8-6-14-8/h8-10,14,16H,4-7H2,1-3H3/t8-,9-,10-/m0/s1. The topological polar surface area (TPSA) is 88.8 Å². The van der Waals surface area contributed by atoms with Gasteiger partial charge in [0.05, 0.1) is 18.7 Å². The van der Waals surface area contributed by atoms with Crippen LogP contribution in [0.2, 0.25) is 0 Å². The SMILES string of the molecule is CC(C)(C)OC(=O)N1C[C@@H](O)C[C@H]1C(=O)C[C@H]1CN1. The van der Waals surface area contributed by atoms with Crippen molar-refractivity contribution in [2.24, 2.45) is 0 Å². The molecule has 2 heterocycles. The first-order chi connectivity index (χ1) is 8.76. The summed E-state index contributed by atoms with van der Waals surface area (Å²) < 4.78 is 5.28. The maximum absolute atomic E-state index is 12.1. The normalized spacial score (nSPS) is 30.3. The monoisotopic (exact) mass is 270 g/mol. The number of ether oxygens (including phenoxy) is 1. The number of likely N-dealkylation sites (tertiary alicyclic amines) is 1. The van der Waals surface area contributed by atoms with Crippen molar-refractivity contribution >= 4 is 11.9 Å². The number of rotatable bonds is 3. The molecule has 108 valence electrons. The van der Waals surface area contributed by atoms with Gasteiger partial charge in [-0.05, 0) is 20.8 Å². The molecule has 0 saturated carbocycles. The minimum absolute atomic E-state index is 0.00240. The Morgan fingerprint density at radius 1 is 1.42 bits per heavy atom. The Bertz CT molecular complexity index is 373. The Morgan fingerprint density at radius 3 is 2.58 bits per heavy atom. The second-order valence-corrected chi connectivity index (χ2v) is 6.31. The number of nitrogens with zero attached hydrogens (tertiary/aromatic N) is 1. The highest BCUT2D eigenvalue weighted by Gasteiger charge is 2.41. The molecule has 19 heavy (non-hydrogen) atoms. The summed E-state index contributed by atoms with van der Waals surface area (Å²) in [5, 5.41) is 12.8. The summed E-state index contributed by atoms with van der Waals surface area (Å²) in [6.45, 7) is 6.36. The second kappa shape index (κ2) is 5.09. The summed E-state index contributed by atoms with van der Waals surface area (Å²) in [5.74, 6) is -0.00240. The summed E-state index contributed by atoms with van der Waals surface area (Å²) >= 11 is 0. The minimum atomic E-state index is -0.645. The van der Waals surface area contributed by atoms with Crippen LogP contribution in [-0.2, 0) is 9.53 Å². The molecular formula is C13H22N2O4. The summed E-state index contributed by atoms with van der Waals surface area (Å²) in [5.41, 5.74) is -0.601. The Labute approximate surface area is 113 Å². The third-order valence-corrected chi connectivity index (χ3v) is 3.22. The van der Waals surface area contributed by atoms with Crippen LogP contribution in [0.5, 0.6) is 0 Å². The molecule has 6 heteroatoms. The molecule has 2 rings (SSSR count). The van der Waals surface area contributed by atoms with E-state index in [2.05, 4.69) is 5.32 Å². The number of hydrogen-bond donors (Lipinski definition) is 2. The van der Waals surface area contributed by atoms with Crippen molar-refractivity contribution in [2.45, 2.75) is 57.4 Å². The van der Waals surface area contributed by atoms with Crippen LogP contribution in [0.15, 0.2) is 0 Å². The predicted octanol–water partition coefficient (Wildman–Crippen LogP) is 0.288. The molecule has 0 aromatic rings. The molecule has 2 aliphatic rings. The molecule has 3 atom stereocenters. The van der Waals surface area contributed by atoms with Gasteiger partial charge in [-0.3, -0.25) is 9.69 Å². The highest BCUT2D eigenvalue weighted by Crippen LogP contribution is 2.23. The lowest BCUT2D eigenvalue weighted by molar-refractivity contribution is -0.123. The van der Waals surface area contributed by atoms with Crippen molar-refractivity contribution in [2.75, 3.05) is 13.1 Å². The van der Waals surface area contributed by atoms with Gasteiger partial charge in [-0.15, -0.1) is 0 Å². The molecule has 2 saturated heterocycles.